The fourth-order valence-corrected chi connectivity index (χ4v) is 1.05. The molecule has 0 saturated heterocycles. The summed E-state index contributed by atoms with van der Waals surface area (Å²) < 4.78 is 36.7. The number of hydroxylamine groups is 1. The average molecular weight is 279 g/mol. The Labute approximate surface area is 103 Å². The molecule has 0 bridgehead atoms. The topological polar surface area (TPSA) is 114 Å². The number of aromatic nitrogens is 1. The predicted octanol–water partition coefficient (Wildman–Crippen LogP) is -0.460. The van der Waals surface area contributed by atoms with E-state index in [0.717, 1.165) is 0 Å². The fourth-order valence-electron chi connectivity index (χ4n) is 1.05. The first-order valence-electron chi connectivity index (χ1n) is 4.73. The summed E-state index contributed by atoms with van der Waals surface area (Å²) in [7, 11) is 0. The lowest BCUT2D eigenvalue weighted by molar-refractivity contribution is -0.141. The first kappa shape index (κ1) is 14.7. The highest BCUT2D eigenvalue weighted by Gasteiger charge is 2.32. The zero-order valence-corrected chi connectivity index (χ0v) is 9.21. The zero-order chi connectivity index (χ0) is 14.6. The number of carbonyl (C=O) groups excluding carboxylic acids is 2. The number of halogens is 3. The fraction of sp³-hybridized carbons (Fsp3) is 0.222. The number of rotatable bonds is 4. The number of pyridine rings is 1. The van der Waals surface area contributed by atoms with E-state index in [1.54, 1.807) is 5.48 Å². The number of carbonyl (C=O) groups is 2. The highest BCUT2D eigenvalue weighted by Crippen LogP contribution is 2.26. The Morgan fingerprint density at radius 3 is 2.47 bits per heavy atom. The van der Waals surface area contributed by atoms with Crippen LogP contribution in [0.3, 0.4) is 0 Å². The van der Waals surface area contributed by atoms with E-state index in [1.165, 1.54) is 4.98 Å². The van der Waals surface area contributed by atoms with E-state index < -0.39 is 41.4 Å². The quantitative estimate of drug-likeness (QED) is 0.647. The maximum Gasteiger partial charge on any atom is 0.431 e. The molecule has 0 aliphatic heterocycles. The van der Waals surface area contributed by atoms with Crippen molar-refractivity contribution in [3.05, 3.63) is 33.7 Å². The van der Waals surface area contributed by atoms with E-state index in [2.05, 4.69) is 4.84 Å². The maximum atomic E-state index is 12.2. The molecule has 19 heavy (non-hydrogen) atoms. The van der Waals surface area contributed by atoms with Crippen molar-refractivity contribution < 1.29 is 27.6 Å². The number of H-pyrrole nitrogens is 1. The molecular weight excluding hydrogens is 271 g/mol. The van der Waals surface area contributed by atoms with Crippen molar-refractivity contribution in [2.45, 2.75) is 6.18 Å². The highest BCUT2D eigenvalue weighted by atomic mass is 19.4. The second-order valence-electron chi connectivity index (χ2n) is 3.30. The minimum Gasteiger partial charge on any atom is -0.368 e. The number of nitrogens with one attached hydrogen (secondary N) is 2. The first-order valence-corrected chi connectivity index (χ1v) is 4.73. The van der Waals surface area contributed by atoms with Crippen molar-refractivity contribution in [2.24, 2.45) is 5.73 Å². The molecule has 10 heteroatoms. The Bertz CT molecular complexity index is 552. The number of hydrogen-bond acceptors (Lipinski definition) is 4. The number of hydrogen-bond donors (Lipinski definition) is 3. The summed E-state index contributed by atoms with van der Waals surface area (Å²) in [6.45, 7) is -0.635. The standard InChI is InChI=1S/C9H8F3N3O4/c10-9(11,12)5-2-1-4(7(17)14-5)8(18)15-19-3-6(13)16/h1-2H,3H2,(H2,13,16)(H,14,17)(H,15,18). The highest BCUT2D eigenvalue weighted by molar-refractivity contribution is 5.93. The van der Waals surface area contributed by atoms with Crippen LogP contribution in [-0.4, -0.2) is 23.4 Å². The molecule has 0 radical (unpaired) electrons. The number of amides is 2. The van der Waals surface area contributed by atoms with Gasteiger partial charge in [0, 0.05) is 0 Å². The molecular formula is C9H8F3N3O4. The smallest absolute Gasteiger partial charge is 0.368 e. The second kappa shape index (κ2) is 5.52. The first-order chi connectivity index (χ1) is 8.71. The van der Waals surface area contributed by atoms with Gasteiger partial charge in [-0.15, -0.1) is 0 Å². The van der Waals surface area contributed by atoms with Gasteiger partial charge in [-0.3, -0.25) is 19.2 Å². The van der Waals surface area contributed by atoms with Crippen molar-refractivity contribution in [3.8, 4) is 0 Å². The summed E-state index contributed by atoms with van der Waals surface area (Å²) in [5, 5.41) is 0. The Morgan fingerprint density at radius 2 is 2.00 bits per heavy atom. The van der Waals surface area contributed by atoms with Gasteiger partial charge in [-0.25, -0.2) is 5.48 Å². The van der Waals surface area contributed by atoms with Crippen molar-refractivity contribution >= 4 is 11.8 Å². The van der Waals surface area contributed by atoms with Crippen LogP contribution >= 0.6 is 0 Å². The van der Waals surface area contributed by atoms with Crippen molar-refractivity contribution in [3.63, 3.8) is 0 Å². The van der Waals surface area contributed by atoms with Gasteiger partial charge in [0.2, 0.25) is 5.91 Å². The molecule has 1 aromatic heterocycles. The van der Waals surface area contributed by atoms with Gasteiger partial charge in [-0.2, -0.15) is 13.2 Å². The molecule has 0 spiro atoms. The van der Waals surface area contributed by atoms with Gasteiger partial charge in [0.05, 0.1) is 0 Å². The maximum absolute atomic E-state index is 12.2. The summed E-state index contributed by atoms with van der Waals surface area (Å²) in [5.41, 5.74) is 3.27. The van der Waals surface area contributed by atoms with Gasteiger partial charge in [-0.05, 0) is 12.1 Å². The molecule has 1 heterocycles. The molecule has 0 saturated carbocycles. The van der Waals surface area contributed by atoms with Crippen LogP contribution in [0.4, 0.5) is 13.2 Å². The van der Waals surface area contributed by atoms with Crippen LogP contribution in [0.2, 0.25) is 0 Å². The molecule has 0 fully saturated rings. The van der Waals surface area contributed by atoms with Crippen LogP contribution in [0.25, 0.3) is 0 Å². The number of primary amides is 1. The lowest BCUT2D eigenvalue weighted by Gasteiger charge is -2.07. The molecule has 1 rings (SSSR count). The number of aromatic amines is 1. The van der Waals surface area contributed by atoms with Crippen LogP contribution < -0.4 is 16.8 Å². The summed E-state index contributed by atoms with van der Waals surface area (Å²) in [4.78, 5) is 38.7. The van der Waals surface area contributed by atoms with Crippen LogP contribution in [0.1, 0.15) is 16.1 Å². The third-order valence-corrected chi connectivity index (χ3v) is 1.84. The van der Waals surface area contributed by atoms with Gasteiger partial charge in [0.1, 0.15) is 11.3 Å². The predicted molar refractivity (Wildman–Crippen MR) is 54.7 cm³/mol. The Balaban J connectivity index is 2.83. The SMILES string of the molecule is NC(=O)CONC(=O)c1ccc(C(F)(F)F)[nH]c1=O. The van der Waals surface area contributed by atoms with Gasteiger partial charge in [0.15, 0.2) is 6.61 Å². The zero-order valence-electron chi connectivity index (χ0n) is 9.21. The number of nitrogens with two attached hydrogens (primary N) is 1. The summed E-state index contributed by atoms with van der Waals surface area (Å²) >= 11 is 0. The molecule has 2 amide bonds. The second-order valence-corrected chi connectivity index (χ2v) is 3.30. The van der Waals surface area contributed by atoms with E-state index in [9.17, 15) is 27.6 Å². The van der Waals surface area contributed by atoms with Crippen molar-refractivity contribution in [1.29, 1.82) is 0 Å². The van der Waals surface area contributed by atoms with Gasteiger partial charge in [0.25, 0.3) is 11.5 Å². The van der Waals surface area contributed by atoms with Crippen LogP contribution in [0, 0.1) is 0 Å². The average Bonchev–Trinajstić information content (AvgIpc) is 2.26. The normalized spacial score (nSPS) is 11.1. The van der Waals surface area contributed by atoms with Crippen molar-refractivity contribution in [2.75, 3.05) is 6.61 Å². The molecule has 104 valence electrons. The Hall–Kier alpha value is -2.36. The van der Waals surface area contributed by atoms with Gasteiger partial charge < -0.3 is 10.7 Å². The lowest BCUT2D eigenvalue weighted by Crippen LogP contribution is -2.33. The van der Waals surface area contributed by atoms with Crippen LogP contribution in [0.5, 0.6) is 0 Å². The van der Waals surface area contributed by atoms with Gasteiger partial charge in [-0.1, -0.05) is 0 Å². The van der Waals surface area contributed by atoms with E-state index in [-0.39, 0.29) is 0 Å². The van der Waals surface area contributed by atoms with E-state index in [0.29, 0.717) is 12.1 Å². The molecule has 7 nitrogen and oxygen atoms in total. The monoisotopic (exact) mass is 279 g/mol. The third kappa shape index (κ3) is 4.10. The summed E-state index contributed by atoms with van der Waals surface area (Å²) in [6, 6.07) is 1.22. The third-order valence-electron chi connectivity index (χ3n) is 1.84. The molecule has 0 atom stereocenters. The molecule has 1 aromatic rings. The van der Waals surface area contributed by atoms with E-state index in [1.807, 2.05) is 0 Å². The summed E-state index contributed by atoms with van der Waals surface area (Å²) in [5.74, 6) is -1.97. The van der Waals surface area contributed by atoms with Crippen molar-refractivity contribution in [1.82, 2.24) is 10.5 Å². The van der Waals surface area contributed by atoms with E-state index >= 15 is 0 Å². The number of alkyl halides is 3. The largest absolute Gasteiger partial charge is 0.431 e. The molecule has 0 unspecified atom stereocenters. The van der Waals surface area contributed by atoms with Crippen LogP contribution in [-0.2, 0) is 15.8 Å². The van der Waals surface area contributed by atoms with E-state index in [4.69, 9.17) is 5.73 Å². The van der Waals surface area contributed by atoms with Gasteiger partial charge >= 0.3 is 6.18 Å². The van der Waals surface area contributed by atoms with Crippen LogP contribution in [0.15, 0.2) is 16.9 Å². The minimum absolute atomic E-state index is 0.532. The summed E-state index contributed by atoms with van der Waals surface area (Å²) in [6.07, 6.45) is -4.73. The molecule has 0 aliphatic carbocycles. The lowest BCUT2D eigenvalue weighted by atomic mass is 10.2. The molecule has 0 aliphatic rings. The Kier molecular flexibility index (Phi) is 4.27. The molecule has 4 N–H and O–H groups in total. The Morgan fingerprint density at radius 1 is 1.37 bits per heavy atom. The minimum atomic E-state index is -4.73. The molecule has 0 aromatic carbocycles.